The van der Waals surface area contributed by atoms with E-state index in [4.69, 9.17) is 16.3 Å². The molecule has 0 bridgehead atoms. The highest BCUT2D eigenvalue weighted by Crippen LogP contribution is 2.26. The average Bonchev–Trinajstić information content (AvgIpc) is 2.20. The predicted molar refractivity (Wildman–Crippen MR) is 61.5 cm³/mol. The van der Waals surface area contributed by atoms with Crippen LogP contribution in [-0.2, 0) is 4.79 Å². The SMILES string of the molecule is COc1ccc(NC(=O)C(C)C)c(Cl)c1. The molecule has 1 amide bonds. The van der Waals surface area contributed by atoms with Gasteiger partial charge in [0, 0.05) is 12.0 Å². The average molecular weight is 228 g/mol. The summed E-state index contributed by atoms with van der Waals surface area (Å²) in [5, 5.41) is 3.21. The van der Waals surface area contributed by atoms with Gasteiger partial charge in [0.1, 0.15) is 5.75 Å². The molecule has 1 N–H and O–H groups in total. The summed E-state index contributed by atoms with van der Waals surface area (Å²) < 4.78 is 5.01. The van der Waals surface area contributed by atoms with E-state index in [-0.39, 0.29) is 11.8 Å². The second-order valence-corrected chi connectivity index (χ2v) is 3.90. The van der Waals surface area contributed by atoms with Gasteiger partial charge in [0.2, 0.25) is 5.91 Å². The zero-order chi connectivity index (χ0) is 11.4. The molecule has 0 saturated carbocycles. The molecule has 0 heterocycles. The first kappa shape index (κ1) is 11.9. The molecule has 0 radical (unpaired) electrons. The Hall–Kier alpha value is -1.22. The number of hydrogen-bond donors (Lipinski definition) is 1. The first-order valence-corrected chi connectivity index (χ1v) is 5.06. The van der Waals surface area contributed by atoms with E-state index in [1.165, 1.54) is 0 Å². The summed E-state index contributed by atoms with van der Waals surface area (Å²) in [7, 11) is 1.57. The van der Waals surface area contributed by atoms with Crippen LogP contribution in [0.3, 0.4) is 0 Å². The van der Waals surface area contributed by atoms with E-state index in [9.17, 15) is 4.79 Å². The Morgan fingerprint density at radius 1 is 1.47 bits per heavy atom. The molecule has 1 aromatic rings. The van der Waals surface area contributed by atoms with Gasteiger partial charge >= 0.3 is 0 Å². The maximum Gasteiger partial charge on any atom is 0.226 e. The summed E-state index contributed by atoms with van der Waals surface area (Å²) in [6.07, 6.45) is 0. The molecule has 0 aliphatic heterocycles. The minimum atomic E-state index is -0.0665. The Morgan fingerprint density at radius 2 is 2.13 bits per heavy atom. The standard InChI is InChI=1S/C11H14ClNO2/c1-7(2)11(14)13-10-5-4-8(15-3)6-9(10)12/h4-7H,1-3H3,(H,13,14). The lowest BCUT2D eigenvalue weighted by atomic mass is 10.2. The molecule has 0 atom stereocenters. The highest BCUT2D eigenvalue weighted by atomic mass is 35.5. The molecular formula is C11H14ClNO2. The maximum atomic E-state index is 11.4. The van der Waals surface area contributed by atoms with E-state index in [0.29, 0.717) is 16.5 Å². The van der Waals surface area contributed by atoms with Crippen molar-refractivity contribution >= 4 is 23.2 Å². The van der Waals surface area contributed by atoms with Gasteiger partial charge in [0.15, 0.2) is 0 Å². The number of carbonyl (C=O) groups excluding carboxylic acids is 1. The van der Waals surface area contributed by atoms with Crippen LogP contribution in [0.25, 0.3) is 0 Å². The first-order chi connectivity index (χ1) is 7.04. The number of hydrogen-bond acceptors (Lipinski definition) is 2. The van der Waals surface area contributed by atoms with Crippen LogP contribution in [0.5, 0.6) is 5.75 Å². The fourth-order valence-corrected chi connectivity index (χ4v) is 1.22. The molecule has 0 unspecified atom stereocenters. The third kappa shape index (κ3) is 3.13. The van der Waals surface area contributed by atoms with Gasteiger partial charge in [-0.2, -0.15) is 0 Å². The molecule has 15 heavy (non-hydrogen) atoms. The summed E-state index contributed by atoms with van der Waals surface area (Å²) in [5.41, 5.74) is 0.608. The molecule has 0 fully saturated rings. The van der Waals surface area contributed by atoms with Crippen molar-refractivity contribution in [3.63, 3.8) is 0 Å². The van der Waals surface area contributed by atoms with E-state index >= 15 is 0 Å². The predicted octanol–water partition coefficient (Wildman–Crippen LogP) is 2.94. The minimum absolute atomic E-state index is 0.0536. The fourth-order valence-electron chi connectivity index (χ4n) is 1.00. The van der Waals surface area contributed by atoms with Crippen LogP contribution < -0.4 is 10.1 Å². The molecule has 0 saturated heterocycles. The molecule has 1 aromatic carbocycles. The van der Waals surface area contributed by atoms with Gasteiger partial charge in [-0.15, -0.1) is 0 Å². The molecule has 1 rings (SSSR count). The molecule has 3 nitrogen and oxygen atoms in total. The Kier molecular flexibility index (Phi) is 3.97. The van der Waals surface area contributed by atoms with Crippen LogP contribution in [-0.4, -0.2) is 13.0 Å². The number of halogens is 1. The number of methoxy groups -OCH3 is 1. The van der Waals surface area contributed by atoms with Gasteiger partial charge in [0.05, 0.1) is 17.8 Å². The van der Waals surface area contributed by atoms with Gasteiger partial charge in [-0.25, -0.2) is 0 Å². The molecule has 82 valence electrons. The summed E-state index contributed by atoms with van der Waals surface area (Å²) in [6.45, 7) is 3.65. The Labute approximate surface area is 94.4 Å². The third-order valence-electron chi connectivity index (χ3n) is 1.96. The van der Waals surface area contributed by atoms with E-state index < -0.39 is 0 Å². The lowest BCUT2D eigenvalue weighted by molar-refractivity contribution is -0.118. The minimum Gasteiger partial charge on any atom is -0.497 e. The second kappa shape index (κ2) is 5.03. The largest absolute Gasteiger partial charge is 0.497 e. The van der Waals surface area contributed by atoms with Crippen LogP contribution in [0.1, 0.15) is 13.8 Å². The molecule has 0 aromatic heterocycles. The van der Waals surface area contributed by atoms with Crippen molar-refractivity contribution in [1.82, 2.24) is 0 Å². The normalized spacial score (nSPS) is 10.2. The number of ether oxygens (including phenoxy) is 1. The fraction of sp³-hybridized carbons (Fsp3) is 0.364. The topological polar surface area (TPSA) is 38.3 Å². The number of benzene rings is 1. The zero-order valence-electron chi connectivity index (χ0n) is 9.00. The lowest BCUT2D eigenvalue weighted by Gasteiger charge is -2.10. The molecule has 4 heteroatoms. The third-order valence-corrected chi connectivity index (χ3v) is 2.27. The number of carbonyl (C=O) groups is 1. The number of nitrogens with one attached hydrogen (secondary N) is 1. The van der Waals surface area contributed by atoms with Crippen LogP contribution in [0, 0.1) is 5.92 Å². The molecule has 0 aliphatic carbocycles. The van der Waals surface area contributed by atoms with E-state index in [1.807, 2.05) is 13.8 Å². The second-order valence-electron chi connectivity index (χ2n) is 3.49. The summed E-state index contributed by atoms with van der Waals surface area (Å²) in [6, 6.07) is 5.14. The monoisotopic (exact) mass is 227 g/mol. The van der Waals surface area contributed by atoms with Gasteiger partial charge < -0.3 is 10.1 Å². The highest BCUT2D eigenvalue weighted by Gasteiger charge is 2.09. The zero-order valence-corrected chi connectivity index (χ0v) is 9.76. The van der Waals surface area contributed by atoms with Gasteiger partial charge in [-0.3, -0.25) is 4.79 Å². The first-order valence-electron chi connectivity index (χ1n) is 4.69. The van der Waals surface area contributed by atoms with Crippen LogP contribution >= 0.6 is 11.6 Å². The summed E-state index contributed by atoms with van der Waals surface area (Å²) in [4.78, 5) is 11.4. The van der Waals surface area contributed by atoms with Gasteiger partial charge in [-0.05, 0) is 12.1 Å². The van der Waals surface area contributed by atoms with Crippen molar-refractivity contribution < 1.29 is 9.53 Å². The van der Waals surface area contributed by atoms with Gasteiger partial charge in [-0.1, -0.05) is 25.4 Å². The quantitative estimate of drug-likeness (QED) is 0.862. The van der Waals surface area contributed by atoms with E-state index in [0.717, 1.165) is 0 Å². The maximum absolute atomic E-state index is 11.4. The van der Waals surface area contributed by atoms with Crippen molar-refractivity contribution in [3.8, 4) is 5.75 Å². The van der Waals surface area contributed by atoms with Crippen LogP contribution in [0.15, 0.2) is 18.2 Å². The Morgan fingerprint density at radius 3 is 2.60 bits per heavy atom. The van der Waals surface area contributed by atoms with Crippen molar-refractivity contribution in [2.24, 2.45) is 5.92 Å². The smallest absolute Gasteiger partial charge is 0.226 e. The van der Waals surface area contributed by atoms with Crippen molar-refractivity contribution in [2.45, 2.75) is 13.8 Å². The van der Waals surface area contributed by atoms with Gasteiger partial charge in [0.25, 0.3) is 0 Å². The number of rotatable bonds is 3. The number of amides is 1. The Balaban J connectivity index is 2.83. The lowest BCUT2D eigenvalue weighted by Crippen LogP contribution is -2.17. The van der Waals surface area contributed by atoms with Crippen molar-refractivity contribution in [3.05, 3.63) is 23.2 Å². The highest BCUT2D eigenvalue weighted by molar-refractivity contribution is 6.33. The van der Waals surface area contributed by atoms with E-state index in [2.05, 4.69) is 5.32 Å². The summed E-state index contributed by atoms with van der Waals surface area (Å²) in [5.74, 6) is 0.549. The van der Waals surface area contributed by atoms with Crippen molar-refractivity contribution in [2.75, 3.05) is 12.4 Å². The van der Waals surface area contributed by atoms with Crippen LogP contribution in [0.4, 0.5) is 5.69 Å². The van der Waals surface area contributed by atoms with E-state index in [1.54, 1.807) is 25.3 Å². The molecule has 0 spiro atoms. The Bertz CT molecular complexity index is 364. The molecule has 0 aliphatic rings. The van der Waals surface area contributed by atoms with Crippen molar-refractivity contribution in [1.29, 1.82) is 0 Å². The summed E-state index contributed by atoms with van der Waals surface area (Å²) >= 11 is 5.96. The molecular weight excluding hydrogens is 214 g/mol. The van der Waals surface area contributed by atoms with Crippen LogP contribution in [0.2, 0.25) is 5.02 Å². The number of anilines is 1.